The van der Waals surface area contributed by atoms with Crippen LogP contribution >= 0.6 is 0 Å². The highest BCUT2D eigenvalue weighted by atomic mass is 19.4. The summed E-state index contributed by atoms with van der Waals surface area (Å²) in [6, 6.07) is 5.60. The highest BCUT2D eigenvalue weighted by Gasteiger charge is 2.34. The number of rotatable bonds is 4. The molecule has 21 heavy (non-hydrogen) atoms. The summed E-state index contributed by atoms with van der Waals surface area (Å²) in [5.41, 5.74) is 0.496. The molecule has 0 radical (unpaired) electrons. The Labute approximate surface area is 119 Å². The summed E-state index contributed by atoms with van der Waals surface area (Å²) in [6.07, 6.45) is -4.47. The smallest absolute Gasteiger partial charge is 0.379 e. The normalized spacial score (nSPS) is 11.7. The van der Waals surface area contributed by atoms with Gasteiger partial charge in [-0.3, -0.25) is 4.68 Å². The number of nitrogens with zero attached hydrogens (tertiary/aromatic N) is 2. The number of benzene rings is 1. The molecule has 0 bridgehead atoms. The van der Waals surface area contributed by atoms with Crippen LogP contribution in [0.4, 0.5) is 23.2 Å². The number of hydrogen-bond donors (Lipinski definition) is 1. The van der Waals surface area contributed by atoms with Gasteiger partial charge in [-0.05, 0) is 37.6 Å². The largest absolute Gasteiger partial charge is 0.435 e. The molecule has 0 unspecified atom stereocenters. The van der Waals surface area contributed by atoms with Gasteiger partial charge in [-0.15, -0.1) is 0 Å². The highest BCUT2D eigenvalue weighted by Crippen LogP contribution is 2.28. The number of nitrogens with one attached hydrogen (secondary N) is 1. The van der Waals surface area contributed by atoms with Gasteiger partial charge in [0.2, 0.25) is 0 Å². The Morgan fingerprint density at radius 2 is 1.95 bits per heavy atom. The average Bonchev–Trinajstić information content (AvgIpc) is 2.83. The molecule has 0 aliphatic heterocycles. The van der Waals surface area contributed by atoms with Crippen LogP contribution in [0.1, 0.15) is 23.9 Å². The first-order valence-electron chi connectivity index (χ1n) is 6.45. The summed E-state index contributed by atoms with van der Waals surface area (Å²) in [7, 11) is 0. The van der Waals surface area contributed by atoms with E-state index in [0.29, 0.717) is 23.5 Å². The van der Waals surface area contributed by atoms with Crippen molar-refractivity contribution in [1.82, 2.24) is 9.78 Å². The fourth-order valence-electron chi connectivity index (χ4n) is 1.91. The van der Waals surface area contributed by atoms with E-state index >= 15 is 0 Å². The van der Waals surface area contributed by atoms with Crippen molar-refractivity contribution in [3.63, 3.8) is 0 Å². The van der Waals surface area contributed by atoms with Crippen molar-refractivity contribution in [2.75, 3.05) is 5.32 Å². The summed E-state index contributed by atoms with van der Waals surface area (Å²) >= 11 is 0. The van der Waals surface area contributed by atoms with E-state index in [1.165, 1.54) is 10.7 Å². The first-order chi connectivity index (χ1) is 9.81. The second kappa shape index (κ2) is 5.75. The van der Waals surface area contributed by atoms with Gasteiger partial charge >= 0.3 is 6.18 Å². The molecular weight excluding hydrogens is 286 g/mol. The van der Waals surface area contributed by atoms with Crippen molar-refractivity contribution in [3.05, 3.63) is 47.0 Å². The van der Waals surface area contributed by atoms with Crippen molar-refractivity contribution >= 4 is 5.69 Å². The van der Waals surface area contributed by atoms with Gasteiger partial charge in [-0.25, -0.2) is 4.39 Å². The van der Waals surface area contributed by atoms with Crippen molar-refractivity contribution < 1.29 is 17.6 Å². The van der Waals surface area contributed by atoms with Crippen molar-refractivity contribution in [1.29, 1.82) is 0 Å². The first kappa shape index (κ1) is 15.3. The number of alkyl halides is 3. The number of hydrogen-bond acceptors (Lipinski definition) is 2. The molecule has 0 saturated carbocycles. The fourth-order valence-corrected chi connectivity index (χ4v) is 1.91. The monoisotopic (exact) mass is 301 g/mol. The third kappa shape index (κ3) is 3.53. The molecule has 0 aliphatic rings. The third-order valence-corrected chi connectivity index (χ3v) is 3.10. The molecule has 1 aromatic heterocycles. The standard InChI is InChI=1S/C14H15F4N3/c1-3-21-11(7-13(20-21)14(16,17)18)8-19-10-5-4-9(2)12(15)6-10/h4-7,19H,3,8H2,1-2H3. The maximum atomic E-state index is 13.4. The molecule has 114 valence electrons. The Balaban J connectivity index is 2.15. The van der Waals surface area contributed by atoms with E-state index in [4.69, 9.17) is 0 Å². The zero-order valence-electron chi connectivity index (χ0n) is 11.6. The van der Waals surface area contributed by atoms with Gasteiger partial charge in [0.15, 0.2) is 5.69 Å². The number of aryl methyl sites for hydroxylation is 2. The van der Waals surface area contributed by atoms with Crippen LogP contribution in [-0.4, -0.2) is 9.78 Å². The molecule has 0 saturated heterocycles. The SMILES string of the molecule is CCn1nc(C(F)(F)F)cc1CNc1ccc(C)c(F)c1. The Morgan fingerprint density at radius 3 is 2.52 bits per heavy atom. The van der Waals surface area contributed by atoms with E-state index in [1.807, 2.05) is 0 Å². The maximum Gasteiger partial charge on any atom is 0.435 e. The molecule has 2 aromatic rings. The molecule has 7 heteroatoms. The Kier molecular flexibility index (Phi) is 4.20. The van der Waals surface area contributed by atoms with Crippen LogP contribution in [0.15, 0.2) is 24.3 Å². The van der Waals surface area contributed by atoms with E-state index in [0.717, 1.165) is 6.07 Å². The van der Waals surface area contributed by atoms with Gasteiger partial charge in [0.05, 0.1) is 12.2 Å². The summed E-state index contributed by atoms with van der Waals surface area (Å²) in [4.78, 5) is 0. The molecule has 0 atom stereocenters. The summed E-state index contributed by atoms with van der Waals surface area (Å²) in [5, 5.41) is 6.42. The van der Waals surface area contributed by atoms with Crippen LogP contribution in [0.25, 0.3) is 0 Å². The Morgan fingerprint density at radius 1 is 1.24 bits per heavy atom. The molecular formula is C14H15F4N3. The topological polar surface area (TPSA) is 29.9 Å². The minimum absolute atomic E-state index is 0.138. The lowest BCUT2D eigenvalue weighted by Crippen LogP contribution is -2.09. The molecule has 1 N–H and O–H groups in total. The van der Waals surface area contributed by atoms with E-state index in [9.17, 15) is 17.6 Å². The van der Waals surface area contributed by atoms with E-state index in [-0.39, 0.29) is 12.4 Å². The predicted octanol–water partition coefficient (Wildman–Crippen LogP) is 3.98. The van der Waals surface area contributed by atoms with Gasteiger partial charge in [0.1, 0.15) is 5.82 Å². The predicted molar refractivity (Wildman–Crippen MR) is 71.4 cm³/mol. The van der Waals surface area contributed by atoms with Crippen LogP contribution < -0.4 is 5.32 Å². The van der Waals surface area contributed by atoms with Gasteiger partial charge in [-0.1, -0.05) is 6.07 Å². The molecule has 0 aliphatic carbocycles. The lowest BCUT2D eigenvalue weighted by Gasteiger charge is -2.08. The van der Waals surface area contributed by atoms with Crippen LogP contribution in [-0.2, 0) is 19.3 Å². The summed E-state index contributed by atoms with van der Waals surface area (Å²) in [5.74, 6) is -0.361. The zero-order chi connectivity index (χ0) is 15.6. The van der Waals surface area contributed by atoms with Crippen molar-refractivity contribution in [3.8, 4) is 0 Å². The lowest BCUT2D eigenvalue weighted by molar-refractivity contribution is -0.141. The fraction of sp³-hybridized carbons (Fsp3) is 0.357. The maximum absolute atomic E-state index is 13.4. The minimum Gasteiger partial charge on any atom is -0.379 e. The molecule has 0 amide bonds. The van der Waals surface area contributed by atoms with Crippen LogP contribution in [0.2, 0.25) is 0 Å². The van der Waals surface area contributed by atoms with E-state index in [2.05, 4.69) is 10.4 Å². The highest BCUT2D eigenvalue weighted by molar-refractivity contribution is 5.45. The third-order valence-electron chi connectivity index (χ3n) is 3.10. The quantitative estimate of drug-likeness (QED) is 0.866. The van der Waals surface area contributed by atoms with E-state index in [1.54, 1.807) is 26.0 Å². The average molecular weight is 301 g/mol. The number of anilines is 1. The minimum atomic E-state index is -4.47. The second-order valence-corrected chi connectivity index (χ2v) is 4.65. The van der Waals surface area contributed by atoms with Gasteiger partial charge in [0, 0.05) is 12.2 Å². The van der Waals surface area contributed by atoms with Crippen LogP contribution in [0, 0.1) is 12.7 Å². The van der Waals surface area contributed by atoms with Crippen LogP contribution in [0.5, 0.6) is 0 Å². The summed E-state index contributed by atoms with van der Waals surface area (Å²) < 4.78 is 52.6. The summed E-state index contributed by atoms with van der Waals surface area (Å²) in [6.45, 7) is 3.82. The number of halogens is 4. The van der Waals surface area contributed by atoms with Crippen molar-refractivity contribution in [2.45, 2.75) is 33.1 Å². The van der Waals surface area contributed by atoms with Crippen molar-refractivity contribution in [2.24, 2.45) is 0 Å². The Hall–Kier alpha value is -2.05. The molecule has 1 aromatic carbocycles. The molecule has 1 heterocycles. The van der Waals surface area contributed by atoms with Gasteiger partial charge in [0.25, 0.3) is 0 Å². The molecule has 0 spiro atoms. The zero-order valence-corrected chi connectivity index (χ0v) is 11.6. The van der Waals surface area contributed by atoms with Gasteiger partial charge < -0.3 is 5.32 Å². The molecule has 3 nitrogen and oxygen atoms in total. The van der Waals surface area contributed by atoms with Crippen LogP contribution in [0.3, 0.4) is 0 Å². The lowest BCUT2D eigenvalue weighted by atomic mass is 10.2. The first-order valence-corrected chi connectivity index (χ1v) is 6.45. The van der Waals surface area contributed by atoms with E-state index < -0.39 is 11.9 Å². The number of aromatic nitrogens is 2. The Bertz CT molecular complexity index is 632. The molecule has 0 fully saturated rings. The van der Waals surface area contributed by atoms with Gasteiger partial charge in [-0.2, -0.15) is 18.3 Å². The molecule has 2 rings (SSSR count). The second-order valence-electron chi connectivity index (χ2n) is 4.65.